The molecule has 11 heteroatoms. The average Bonchev–Trinajstić information content (AvgIpc) is 3.10. The Kier molecular flexibility index (Phi) is 6.24. The number of unbranched alkanes of at least 4 members (excludes halogenated alkanes) is 1. The maximum Gasteiger partial charge on any atom is 0.214 e. The standard InChI is InChI=1S/C16H29N5O4S2/c1-3-5-11-27(24,25)20-9-10-21-15(13-20)17-18-16(21)14-7-6-8-19(12-14)26(22,23)4-2/h14H,3-13H2,1-2H3. The van der Waals surface area contributed by atoms with Crippen LogP contribution in [0, 0.1) is 0 Å². The molecule has 0 radical (unpaired) electrons. The van der Waals surface area contributed by atoms with Crippen molar-refractivity contribution in [3.05, 3.63) is 11.6 Å². The molecule has 0 aliphatic carbocycles. The number of aromatic nitrogens is 3. The van der Waals surface area contributed by atoms with Crippen molar-refractivity contribution in [1.29, 1.82) is 0 Å². The van der Waals surface area contributed by atoms with Crippen LogP contribution in [-0.2, 0) is 33.1 Å². The summed E-state index contributed by atoms with van der Waals surface area (Å²) in [6.07, 6.45) is 3.16. The first-order chi connectivity index (χ1) is 12.8. The summed E-state index contributed by atoms with van der Waals surface area (Å²) in [7, 11) is -6.49. The molecule has 1 saturated heterocycles. The van der Waals surface area contributed by atoms with Crippen molar-refractivity contribution in [3.63, 3.8) is 0 Å². The first-order valence-corrected chi connectivity index (χ1v) is 12.9. The normalized spacial score (nSPS) is 22.7. The van der Waals surface area contributed by atoms with Gasteiger partial charge in [-0.2, -0.15) is 4.31 Å². The third kappa shape index (κ3) is 4.36. The molecule has 0 N–H and O–H groups in total. The molecule has 27 heavy (non-hydrogen) atoms. The van der Waals surface area contributed by atoms with Crippen molar-refractivity contribution in [2.75, 3.05) is 31.1 Å². The van der Waals surface area contributed by atoms with Gasteiger partial charge in [0.1, 0.15) is 11.6 Å². The van der Waals surface area contributed by atoms with Crippen molar-refractivity contribution in [2.45, 2.75) is 58.5 Å². The second kappa shape index (κ2) is 8.14. The summed E-state index contributed by atoms with van der Waals surface area (Å²) in [5.74, 6) is 1.70. The second-order valence-electron chi connectivity index (χ2n) is 7.23. The summed E-state index contributed by atoms with van der Waals surface area (Å²) in [4.78, 5) is 0. The van der Waals surface area contributed by atoms with E-state index in [0.717, 1.165) is 25.1 Å². The SMILES string of the molecule is CCCCS(=O)(=O)N1CCn2c(nnc2C2CCCN(S(=O)(=O)CC)C2)C1. The van der Waals surface area contributed by atoms with Crippen LogP contribution in [0.25, 0.3) is 0 Å². The molecule has 154 valence electrons. The second-order valence-corrected chi connectivity index (χ2v) is 11.6. The summed E-state index contributed by atoms with van der Waals surface area (Å²) in [5, 5.41) is 8.53. The minimum absolute atomic E-state index is 0.00423. The molecule has 1 unspecified atom stereocenters. The highest BCUT2D eigenvalue weighted by Crippen LogP contribution is 2.29. The van der Waals surface area contributed by atoms with Crippen molar-refractivity contribution >= 4 is 20.0 Å². The van der Waals surface area contributed by atoms with E-state index in [0.29, 0.717) is 38.4 Å². The van der Waals surface area contributed by atoms with Gasteiger partial charge in [-0.15, -0.1) is 10.2 Å². The number of nitrogens with zero attached hydrogens (tertiary/aromatic N) is 5. The van der Waals surface area contributed by atoms with Crippen molar-refractivity contribution < 1.29 is 16.8 Å². The van der Waals surface area contributed by atoms with E-state index in [1.807, 2.05) is 11.5 Å². The van der Waals surface area contributed by atoms with Gasteiger partial charge in [-0.25, -0.2) is 21.1 Å². The van der Waals surface area contributed by atoms with Gasteiger partial charge in [0, 0.05) is 32.1 Å². The lowest BCUT2D eigenvalue weighted by Gasteiger charge is -2.32. The van der Waals surface area contributed by atoms with Crippen molar-refractivity contribution in [1.82, 2.24) is 23.4 Å². The van der Waals surface area contributed by atoms with E-state index in [1.165, 1.54) is 4.31 Å². The van der Waals surface area contributed by atoms with Crippen LogP contribution in [0.4, 0.5) is 0 Å². The molecule has 9 nitrogen and oxygen atoms in total. The molecule has 1 aromatic heterocycles. The summed E-state index contributed by atoms with van der Waals surface area (Å²) in [6.45, 7) is 5.77. The van der Waals surface area contributed by atoms with Gasteiger partial charge in [0.25, 0.3) is 0 Å². The van der Waals surface area contributed by atoms with Gasteiger partial charge in [0.05, 0.1) is 18.1 Å². The van der Waals surface area contributed by atoms with E-state index in [4.69, 9.17) is 0 Å². The molecule has 0 amide bonds. The quantitative estimate of drug-likeness (QED) is 0.646. The van der Waals surface area contributed by atoms with Crippen LogP contribution >= 0.6 is 0 Å². The molecule has 3 rings (SSSR count). The summed E-state index contributed by atoms with van der Waals surface area (Å²) < 4.78 is 54.3. The van der Waals surface area contributed by atoms with E-state index < -0.39 is 20.0 Å². The first kappa shape index (κ1) is 20.7. The summed E-state index contributed by atoms with van der Waals surface area (Å²) >= 11 is 0. The number of piperidine rings is 1. The molecule has 1 atom stereocenters. The predicted molar refractivity (Wildman–Crippen MR) is 102 cm³/mol. The molecule has 0 spiro atoms. The van der Waals surface area contributed by atoms with Gasteiger partial charge >= 0.3 is 0 Å². The zero-order valence-electron chi connectivity index (χ0n) is 16.0. The third-order valence-corrected chi connectivity index (χ3v) is 9.15. The predicted octanol–water partition coefficient (Wildman–Crippen LogP) is 0.753. The zero-order valence-corrected chi connectivity index (χ0v) is 17.7. The molecule has 0 saturated carbocycles. The Bertz CT molecular complexity index is 865. The fourth-order valence-corrected chi connectivity index (χ4v) is 6.50. The number of hydrogen-bond donors (Lipinski definition) is 0. The van der Waals surface area contributed by atoms with Gasteiger partial charge < -0.3 is 4.57 Å². The number of rotatable bonds is 7. The lowest BCUT2D eigenvalue weighted by Crippen LogP contribution is -2.42. The van der Waals surface area contributed by atoms with Gasteiger partial charge in [0.2, 0.25) is 20.0 Å². The maximum atomic E-state index is 12.4. The van der Waals surface area contributed by atoms with E-state index >= 15 is 0 Å². The Labute approximate surface area is 161 Å². The van der Waals surface area contributed by atoms with E-state index in [2.05, 4.69) is 10.2 Å². The largest absolute Gasteiger partial charge is 0.312 e. The fraction of sp³-hybridized carbons (Fsp3) is 0.875. The number of fused-ring (bicyclic) bond motifs is 1. The van der Waals surface area contributed by atoms with Crippen LogP contribution in [-0.4, -0.2) is 71.4 Å². The van der Waals surface area contributed by atoms with Crippen LogP contribution in [0.5, 0.6) is 0 Å². The Hall–Kier alpha value is -1.04. The average molecular weight is 420 g/mol. The van der Waals surface area contributed by atoms with E-state index in [-0.39, 0.29) is 24.0 Å². The highest BCUT2D eigenvalue weighted by Gasteiger charge is 2.34. The van der Waals surface area contributed by atoms with Crippen molar-refractivity contribution in [2.24, 2.45) is 0 Å². The van der Waals surface area contributed by atoms with Crippen LogP contribution in [0.1, 0.15) is 57.1 Å². The molecular formula is C16H29N5O4S2. The van der Waals surface area contributed by atoms with E-state index in [1.54, 1.807) is 11.2 Å². The fourth-order valence-electron chi connectivity index (χ4n) is 3.74. The molecule has 1 aromatic rings. The van der Waals surface area contributed by atoms with Crippen molar-refractivity contribution in [3.8, 4) is 0 Å². The van der Waals surface area contributed by atoms with Crippen LogP contribution in [0.15, 0.2) is 0 Å². The van der Waals surface area contributed by atoms with E-state index in [9.17, 15) is 16.8 Å². The molecule has 2 aliphatic heterocycles. The topological polar surface area (TPSA) is 105 Å². The molecule has 3 heterocycles. The van der Waals surface area contributed by atoms with Crippen LogP contribution in [0.2, 0.25) is 0 Å². The minimum Gasteiger partial charge on any atom is -0.312 e. The highest BCUT2D eigenvalue weighted by molar-refractivity contribution is 7.89. The van der Waals surface area contributed by atoms with Gasteiger partial charge in [-0.3, -0.25) is 0 Å². The van der Waals surface area contributed by atoms with Gasteiger partial charge in [-0.1, -0.05) is 13.3 Å². The highest BCUT2D eigenvalue weighted by atomic mass is 32.2. The Morgan fingerprint density at radius 1 is 1.00 bits per heavy atom. The number of sulfonamides is 2. The number of hydrogen-bond acceptors (Lipinski definition) is 6. The Balaban J connectivity index is 1.75. The third-order valence-electron chi connectivity index (χ3n) is 5.40. The lowest BCUT2D eigenvalue weighted by molar-refractivity contribution is 0.292. The molecule has 1 fully saturated rings. The maximum absolute atomic E-state index is 12.4. The van der Waals surface area contributed by atoms with Crippen LogP contribution < -0.4 is 0 Å². The summed E-state index contributed by atoms with van der Waals surface area (Å²) in [5.41, 5.74) is 0. The lowest BCUT2D eigenvalue weighted by atomic mass is 9.98. The molecular weight excluding hydrogens is 390 g/mol. The molecule has 2 aliphatic rings. The smallest absolute Gasteiger partial charge is 0.214 e. The Morgan fingerprint density at radius 2 is 1.78 bits per heavy atom. The minimum atomic E-state index is -3.27. The Morgan fingerprint density at radius 3 is 2.48 bits per heavy atom. The van der Waals surface area contributed by atoms with Gasteiger partial charge in [-0.05, 0) is 26.2 Å². The first-order valence-electron chi connectivity index (χ1n) is 9.66. The zero-order chi connectivity index (χ0) is 19.7. The molecule has 0 bridgehead atoms. The molecule has 0 aromatic carbocycles. The summed E-state index contributed by atoms with van der Waals surface area (Å²) in [6, 6.07) is 0. The monoisotopic (exact) mass is 419 g/mol. The van der Waals surface area contributed by atoms with Crippen LogP contribution in [0.3, 0.4) is 0 Å². The van der Waals surface area contributed by atoms with Gasteiger partial charge in [0.15, 0.2) is 0 Å².